The molecule has 4 nitrogen and oxygen atoms in total. The number of aliphatic carboxylic acids is 1. The van der Waals surface area contributed by atoms with E-state index in [4.69, 9.17) is 15.1 Å². The Bertz CT molecular complexity index is 743. The number of thiazole rings is 1. The highest BCUT2D eigenvalue weighted by Gasteiger charge is 2.24. The molecule has 0 fully saturated rings. The van der Waals surface area contributed by atoms with E-state index >= 15 is 0 Å². The van der Waals surface area contributed by atoms with Crippen LogP contribution in [-0.4, -0.2) is 21.8 Å². The van der Waals surface area contributed by atoms with Crippen molar-refractivity contribution >= 4 is 28.7 Å². The smallest absolute Gasteiger partial charge is 0.303 e. The van der Waals surface area contributed by atoms with Crippen LogP contribution < -0.4 is 0 Å². The second-order valence-electron chi connectivity index (χ2n) is 8.53. The molecule has 27 heavy (non-hydrogen) atoms. The summed E-state index contributed by atoms with van der Waals surface area (Å²) in [5, 5.41) is 9.96. The lowest BCUT2D eigenvalue weighted by atomic mass is 9.98. The lowest BCUT2D eigenvalue weighted by molar-refractivity contribution is -0.137. The van der Waals surface area contributed by atoms with Gasteiger partial charge in [0.25, 0.3) is 0 Å². The van der Waals surface area contributed by atoms with Gasteiger partial charge in [-0.1, -0.05) is 46.3 Å². The molecule has 1 heterocycles. The van der Waals surface area contributed by atoms with E-state index in [1.807, 2.05) is 6.92 Å². The van der Waals surface area contributed by atoms with Crippen molar-refractivity contribution in [3.8, 4) is 0 Å². The molecule has 0 atom stereocenters. The van der Waals surface area contributed by atoms with Gasteiger partial charge in [-0.25, -0.2) is 4.98 Å². The molecule has 0 aliphatic rings. The average Bonchev–Trinajstić information content (AvgIpc) is 2.96. The SMILES string of the molecule is CC(C)=C/C=C(\N=C(C)CCCC(=O)O)c1sc(C(C)(C)C)nc1C(C)C. The van der Waals surface area contributed by atoms with Gasteiger partial charge in [0.15, 0.2) is 0 Å². The Morgan fingerprint density at radius 2 is 1.81 bits per heavy atom. The number of carbonyl (C=O) groups is 1. The van der Waals surface area contributed by atoms with Gasteiger partial charge in [-0.3, -0.25) is 9.79 Å². The Morgan fingerprint density at radius 3 is 2.30 bits per heavy atom. The molecular weight excluding hydrogens is 356 g/mol. The van der Waals surface area contributed by atoms with Gasteiger partial charge in [-0.15, -0.1) is 11.3 Å². The molecule has 0 bridgehead atoms. The van der Waals surface area contributed by atoms with Crippen LogP contribution in [0.4, 0.5) is 0 Å². The average molecular weight is 391 g/mol. The van der Waals surface area contributed by atoms with Crippen molar-refractivity contribution < 1.29 is 9.90 Å². The van der Waals surface area contributed by atoms with E-state index in [0.717, 1.165) is 27.0 Å². The minimum absolute atomic E-state index is 0.00553. The van der Waals surface area contributed by atoms with Crippen LogP contribution in [0.3, 0.4) is 0 Å². The predicted octanol–water partition coefficient (Wildman–Crippen LogP) is 6.59. The van der Waals surface area contributed by atoms with Crippen LogP contribution >= 0.6 is 11.3 Å². The Balaban J connectivity index is 3.36. The molecule has 1 N–H and O–H groups in total. The largest absolute Gasteiger partial charge is 0.481 e. The number of carboxylic acid groups (broad SMARTS) is 1. The van der Waals surface area contributed by atoms with Crippen molar-refractivity contribution in [3.63, 3.8) is 0 Å². The summed E-state index contributed by atoms with van der Waals surface area (Å²) in [5.74, 6) is -0.451. The third kappa shape index (κ3) is 7.79. The molecular formula is C22H34N2O2S. The van der Waals surface area contributed by atoms with Crippen molar-refractivity contribution in [1.82, 2.24) is 4.98 Å². The molecule has 0 aliphatic carbocycles. The quantitative estimate of drug-likeness (QED) is 0.402. The summed E-state index contributed by atoms with van der Waals surface area (Å²) in [7, 11) is 0. The van der Waals surface area contributed by atoms with E-state index in [-0.39, 0.29) is 11.8 Å². The van der Waals surface area contributed by atoms with Crippen molar-refractivity contribution in [2.75, 3.05) is 0 Å². The van der Waals surface area contributed by atoms with Crippen LogP contribution in [-0.2, 0) is 10.2 Å². The minimum atomic E-state index is -0.762. The maximum atomic E-state index is 10.8. The third-order valence-corrected chi connectivity index (χ3v) is 5.41. The predicted molar refractivity (Wildman–Crippen MR) is 117 cm³/mol. The summed E-state index contributed by atoms with van der Waals surface area (Å²) in [6.07, 6.45) is 5.59. The molecule has 0 radical (unpaired) electrons. The van der Waals surface area contributed by atoms with E-state index < -0.39 is 5.97 Å². The van der Waals surface area contributed by atoms with Gasteiger partial charge in [-0.05, 0) is 45.6 Å². The van der Waals surface area contributed by atoms with Crippen LogP contribution in [0, 0.1) is 0 Å². The zero-order valence-corrected chi connectivity index (χ0v) is 18.8. The number of hydrogen-bond donors (Lipinski definition) is 1. The van der Waals surface area contributed by atoms with E-state index in [0.29, 0.717) is 18.8 Å². The number of rotatable bonds is 8. The molecule has 0 aromatic carbocycles. The van der Waals surface area contributed by atoms with Crippen LogP contribution in [0.2, 0.25) is 0 Å². The second kappa shape index (κ2) is 9.98. The Labute approximate surface area is 168 Å². The van der Waals surface area contributed by atoms with Gasteiger partial charge >= 0.3 is 5.97 Å². The monoisotopic (exact) mass is 390 g/mol. The van der Waals surface area contributed by atoms with Crippen LogP contribution in [0.15, 0.2) is 22.7 Å². The van der Waals surface area contributed by atoms with Gasteiger partial charge in [0, 0.05) is 17.5 Å². The zero-order valence-electron chi connectivity index (χ0n) is 18.0. The number of nitrogens with zero attached hydrogens (tertiary/aromatic N) is 2. The Kier molecular flexibility index (Phi) is 8.60. The molecule has 1 aromatic rings. The molecule has 0 saturated heterocycles. The zero-order chi connectivity index (χ0) is 20.8. The fourth-order valence-electron chi connectivity index (χ4n) is 2.39. The van der Waals surface area contributed by atoms with Gasteiger partial charge in [0.1, 0.15) is 0 Å². The van der Waals surface area contributed by atoms with Gasteiger partial charge in [-0.2, -0.15) is 0 Å². The highest BCUT2D eigenvalue weighted by Crippen LogP contribution is 2.37. The topological polar surface area (TPSA) is 62.5 Å². The first-order valence-electron chi connectivity index (χ1n) is 9.54. The molecule has 1 aromatic heterocycles. The van der Waals surface area contributed by atoms with E-state index in [2.05, 4.69) is 60.6 Å². The third-order valence-electron chi connectivity index (χ3n) is 3.89. The second-order valence-corrected chi connectivity index (χ2v) is 9.53. The molecule has 0 amide bonds. The first kappa shape index (κ1) is 23.3. The van der Waals surface area contributed by atoms with E-state index in [1.54, 1.807) is 11.3 Å². The summed E-state index contributed by atoms with van der Waals surface area (Å²) >= 11 is 1.72. The van der Waals surface area contributed by atoms with E-state index in [9.17, 15) is 4.79 Å². The highest BCUT2D eigenvalue weighted by atomic mass is 32.1. The molecule has 1 rings (SSSR count). The summed E-state index contributed by atoms with van der Waals surface area (Å²) in [5.41, 5.74) is 4.15. The molecule has 0 unspecified atom stereocenters. The summed E-state index contributed by atoms with van der Waals surface area (Å²) in [4.78, 5) is 21.7. The standard InChI is InChI=1S/C22H34N2O2S/c1-14(2)12-13-17(23-16(5)10-9-11-18(25)26)20-19(15(3)4)24-21(27-20)22(6,7)8/h12-13,15H,9-11H2,1-8H3,(H,25,26)/b17-13-,23-16?. The fourth-order valence-corrected chi connectivity index (χ4v) is 3.64. The summed E-state index contributed by atoms with van der Waals surface area (Å²) in [6, 6.07) is 0. The number of carboxylic acids is 1. The van der Waals surface area contributed by atoms with Gasteiger partial charge < -0.3 is 5.11 Å². The molecule has 0 aliphatic heterocycles. The molecule has 150 valence electrons. The Morgan fingerprint density at radius 1 is 1.19 bits per heavy atom. The molecule has 5 heteroatoms. The van der Waals surface area contributed by atoms with Crippen LogP contribution in [0.1, 0.15) is 96.1 Å². The van der Waals surface area contributed by atoms with E-state index in [1.165, 1.54) is 5.57 Å². The van der Waals surface area contributed by atoms with Crippen LogP contribution in [0.5, 0.6) is 0 Å². The number of allylic oxidation sites excluding steroid dienone is 3. The molecule has 0 spiro atoms. The van der Waals surface area contributed by atoms with Gasteiger partial charge in [0.05, 0.1) is 21.3 Å². The van der Waals surface area contributed by atoms with Crippen molar-refractivity contribution in [3.05, 3.63) is 33.3 Å². The normalized spacial score (nSPS) is 13.2. The first-order chi connectivity index (χ1) is 12.4. The number of aliphatic imine (C=N–C) groups is 1. The lowest BCUT2D eigenvalue weighted by Gasteiger charge is -2.13. The maximum Gasteiger partial charge on any atom is 0.303 e. The van der Waals surface area contributed by atoms with Crippen LogP contribution in [0.25, 0.3) is 5.70 Å². The fraction of sp³-hybridized carbons (Fsp3) is 0.591. The highest BCUT2D eigenvalue weighted by molar-refractivity contribution is 7.13. The lowest BCUT2D eigenvalue weighted by Crippen LogP contribution is -2.10. The number of aromatic nitrogens is 1. The van der Waals surface area contributed by atoms with Crippen molar-refractivity contribution in [1.29, 1.82) is 0 Å². The van der Waals surface area contributed by atoms with Crippen molar-refractivity contribution in [2.45, 2.75) is 86.0 Å². The summed E-state index contributed by atoms with van der Waals surface area (Å²) < 4.78 is 0. The maximum absolute atomic E-state index is 10.8. The molecule has 0 saturated carbocycles. The Hall–Kier alpha value is -1.75. The number of hydrogen-bond acceptors (Lipinski definition) is 4. The first-order valence-corrected chi connectivity index (χ1v) is 10.4. The summed E-state index contributed by atoms with van der Waals surface area (Å²) in [6.45, 7) is 17.0. The van der Waals surface area contributed by atoms with Crippen molar-refractivity contribution in [2.24, 2.45) is 4.99 Å². The van der Waals surface area contributed by atoms with Gasteiger partial charge in [0.2, 0.25) is 0 Å². The minimum Gasteiger partial charge on any atom is -0.481 e.